The average molecular weight is 313 g/mol. The minimum absolute atomic E-state index is 0.222. The summed E-state index contributed by atoms with van der Waals surface area (Å²) in [5.41, 5.74) is 0. The largest absolute Gasteiger partial charge is 0.385 e. The first-order chi connectivity index (χ1) is 10.7. The van der Waals surface area contributed by atoms with Gasteiger partial charge in [-0.15, -0.1) is 0 Å². The fraction of sp³-hybridized carbons (Fsp3) is 0.950. The van der Waals surface area contributed by atoms with E-state index in [4.69, 9.17) is 4.74 Å². The van der Waals surface area contributed by atoms with Crippen LogP contribution in [0.5, 0.6) is 0 Å². The van der Waals surface area contributed by atoms with Crippen molar-refractivity contribution in [2.24, 2.45) is 5.92 Å². The van der Waals surface area contributed by atoms with E-state index in [0.717, 1.165) is 19.4 Å². The van der Waals surface area contributed by atoms with E-state index < -0.39 is 0 Å². The quantitative estimate of drug-likeness (QED) is 0.294. The van der Waals surface area contributed by atoms with Crippen LogP contribution in [0, 0.1) is 5.92 Å². The number of methoxy groups -OCH3 is 1. The molecule has 0 aromatic rings. The molecule has 0 bridgehead atoms. The molecule has 0 aliphatic carbocycles. The molecule has 0 fully saturated rings. The fourth-order valence-corrected chi connectivity index (χ4v) is 2.78. The van der Waals surface area contributed by atoms with Crippen molar-refractivity contribution < 1.29 is 9.53 Å². The molecule has 0 heterocycles. The Bertz CT molecular complexity index is 236. The van der Waals surface area contributed by atoms with Gasteiger partial charge in [0, 0.05) is 26.1 Å². The summed E-state index contributed by atoms with van der Waals surface area (Å²) in [4.78, 5) is 11.5. The summed E-state index contributed by atoms with van der Waals surface area (Å²) in [6, 6.07) is 0. The van der Waals surface area contributed by atoms with Crippen LogP contribution < -0.4 is 0 Å². The lowest BCUT2D eigenvalue weighted by Crippen LogP contribution is -2.05. The summed E-state index contributed by atoms with van der Waals surface area (Å²) in [5, 5.41) is 0. The Morgan fingerprint density at radius 1 is 0.682 bits per heavy atom. The van der Waals surface area contributed by atoms with Crippen molar-refractivity contribution in [3.63, 3.8) is 0 Å². The van der Waals surface area contributed by atoms with E-state index >= 15 is 0 Å². The van der Waals surface area contributed by atoms with Gasteiger partial charge in [0.2, 0.25) is 0 Å². The van der Waals surface area contributed by atoms with Crippen LogP contribution in [-0.4, -0.2) is 19.5 Å². The molecule has 0 atom stereocenters. The Hall–Kier alpha value is -0.370. The van der Waals surface area contributed by atoms with Gasteiger partial charge in [-0.05, 0) is 12.8 Å². The van der Waals surface area contributed by atoms with Gasteiger partial charge < -0.3 is 4.74 Å². The van der Waals surface area contributed by atoms with Gasteiger partial charge in [-0.3, -0.25) is 4.79 Å². The van der Waals surface area contributed by atoms with Crippen LogP contribution >= 0.6 is 0 Å². The smallest absolute Gasteiger partial charge is 0.135 e. The molecule has 0 aromatic heterocycles. The van der Waals surface area contributed by atoms with E-state index in [1.54, 1.807) is 7.11 Å². The van der Waals surface area contributed by atoms with E-state index in [0.29, 0.717) is 5.78 Å². The predicted molar refractivity (Wildman–Crippen MR) is 96.4 cm³/mol. The van der Waals surface area contributed by atoms with Crippen LogP contribution in [0.3, 0.4) is 0 Å². The van der Waals surface area contributed by atoms with E-state index in [1.807, 2.05) is 13.8 Å². The van der Waals surface area contributed by atoms with Gasteiger partial charge in [-0.2, -0.15) is 0 Å². The van der Waals surface area contributed by atoms with Gasteiger partial charge in [0.25, 0.3) is 0 Å². The summed E-state index contributed by atoms with van der Waals surface area (Å²) in [5.74, 6) is 0.655. The molecule has 0 aliphatic heterocycles. The van der Waals surface area contributed by atoms with E-state index in [9.17, 15) is 4.79 Å². The first kappa shape index (κ1) is 21.6. The molecule has 0 spiro atoms. The Kier molecular flexibility index (Phi) is 16.7. The number of unbranched alkanes of at least 4 members (excludes halogenated alkanes) is 12. The number of Topliss-reactive ketones (excluding diaryl/α,β-unsaturated/α-hetero) is 1. The molecule has 132 valence electrons. The van der Waals surface area contributed by atoms with Gasteiger partial charge in [0.15, 0.2) is 0 Å². The maximum absolute atomic E-state index is 11.5. The van der Waals surface area contributed by atoms with E-state index in [2.05, 4.69) is 0 Å². The van der Waals surface area contributed by atoms with Crippen LogP contribution in [0.1, 0.15) is 104 Å². The van der Waals surface area contributed by atoms with Crippen molar-refractivity contribution in [1.29, 1.82) is 0 Å². The van der Waals surface area contributed by atoms with Crippen molar-refractivity contribution in [3.8, 4) is 0 Å². The minimum atomic E-state index is 0.222. The van der Waals surface area contributed by atoms with Crippen molar-refractivity contribution >= 4 is 5.78 Å². The summed E-state index contributed by atoms with van der Waals surface area (Å²) in [7, 11) is 1.78. The highest BCUT2D eigenvalue weighted by molar-refractivity contribution is 5.80. The number of ketones is 1. The number of rotatable bonds is 17. The second-order valence-electron chi connectivity index (χ2n) is 6.96. The predicted octanol–water partition coefficient (Wildman–Crippen LogP) is 6.32. The van der Waals surface area contributed by atoms with Gasteiger partial charge in [-0.25, -0.2) is 0 Å². The number of carbonyl (C=O) groups is 1. The summed E-state index contributed by atoms with van der Waals surface area (Å²) in [6.07, 6.45) is 18.1. The molecule has 0 N–H and O–H groups in total. The molecular formula is C20H40O2. The average Bonchev–Trinajstić information content (AvgIpc) is 2.50. The number of carbonyl (C=O) groups excluding carboxylic acids is 1. The Morgan fingerprint density at radius 2 is 1.05 bits per heavy atom. The summed E-state index contributed by atoms with van der Waals surface area (Å²) >= 11 is 0. The van der Waals surface area contributed by atoms with Crippen LogP contribution in [0.15, 0.2) is 0 Å². The Morgan fingerprint density at radius 3 is 1.41 bits per heavy atom. The minimum Gasteiger partial charge on any atom is -0.385 e. The standard InChI is InChI=1S/C20H40O2/c1-19(2)20(21)17-15-13-11-9-7-5-4-6-8-10-12-14-16-18-22-3/h19H,4-18H2,1-3H3. The lowest BCUT2D eigenvalue weighted by molar-refractivity contribution is -0.122. The fourth-order valence-electron chi connectivity index (χ4n) is 2.78. The second kappa shape index (κ2) is 17.0. The normalized spacial score (nSPS) is 11.3. The highest BCUT2D eigenvalue weighted by atomic mass is 16.5. The number of hydrogen-bond acceptors (Lipinski definition) is 2. The van der Waals surface area contributed by atoms with Crippen LogP contribution in [0.2, 0.25) is 0 Å². The van der Waals surface area contributed by atoms with Crippen LogP contribution in [-0.2, 0) is 9.53 Å². The maximum atomic E-state index is 11.5. The lowest BCUT2D eigenvalue weighted by atomic mass is 10.0. The molecule has 0 unspecified atom stereocenters. The Balaban J connectivity index is 3.04. The topological polar surface area (TPSA) is 26.3 Å². The van der Waals surface area contributed by atoms with Crippen molar-refractivity contribution in [2.45, 2.75) is 104 Å². The van der Waals surface area contributed by atoms with E-state index in [1.165, 1.54) is 77.0 Å². The Labute approximate surface area is 139 Å². The molecule has 0 rings (SSSR count). The number of ether oxygens (including phenoxy) is 1. The summed E-state index contributed by atoms with van der Waals surface area (Å²) < 4.78 is 5.05. The van der Waals surface area contributed by atoms with Crippen molar-refractivity contribution in [1.82, 2.24) is 0 Å². The molecule has 0 saturated carbocycles. The van der Waals surface area contributed by atoms with Crippen LogP contribution in [0.25, 0.3) is 0 Å². The lowest BCUT2D eigenvalue weighted by Gasteiger charge is -2.04. The molecule has 0 aromatic carbocycles. The van der Waals surface area contributed by atoms with Gasteiger partial charge >= 0.3 is 0 Å². The highest BCUT2D eigenvalue weighted by Crippen LogP contribution is 2.13. The third kappa shape index (κ3) is 16.0. The summed E-state index contributed by atoms with van der Waals surface area (Å²) in [6.45, 7) is 4.93. The number of hydrogen-bond donors (Lipinski definition) is 0. The third-order valence-corrected chi connectivity index (χ3v) is 4.42. The van der Waals surface area contributed by atoms with Crippen molar-refractivity contribution in [2.75, 3.05) is 13.7 Å². The van der Waals surface area contributed by atoms with Gasteiger partial charge in [-0.1, -0.05) is 84.5 Å². The molecule has 0 aliphatic rings. The molecule has 22 heavy (non-hydrogen) atoms. The monoisotopic (exact) mass is 312 g/mol. The molecule has 2 nitrogen and oxygen atoms in total. The zero-order valence-corrected chi connectivity index (χ0v) is 15.5. The molecule has 0 amide bonds. The first-order valence-corrected chi connectivity index (χ1v) is 9.70. The second-order valence-corrected chi connectivity index (χ2v) is 6.96. The van der Waals surface area contributed by atoms with Crippen LogP contribution in [0.4, 0.5) is 0 Å². The van der Waals surface area contributed by atoms with E-state index in [-0.39, 0.29) is 5.92 Å². The highest BCUT2D eigenvalue weighted by Gasteiger charge is 2.05. The van der Waals surface area contributed by atoms with Crippen molar-refractivity contribution in [3.05, 3.63) is 0 Å². The van der Waals surface area contributed by atoms with Gasteiger partial charge in [0.1, 0.15) is 5.78 Å². The zero-order valence-electron chi connectivity index (χ0n) is 15.5. The zero-order chi connectivity index (χ0) is 16.5. The van der Waals surface area contributed by atoms with Gasteiger partial charge in [0.05, 0.1) is 0 Å². The maximum Gasteiger partial charge on any atom is 0.135 e. The third-order valence-electron chi connectivity index (χ3n) is 4.42. The molecule has 0 saturated heterocycles. The first-order valence-electron chi connectivity index (χ1n) is 9.70. The SMILES string of the molecule is COCCCCCCCCCCCCCCCC(=O)C(C)C. The molecule has 0 radical (unpaired) electrons. The molecular weight excluding hydrogens is 272 g/mol. The molecule has 2 heteroatoms.